The van der Waals surface area contributed by atoms with Crippen molar-refractivity contribution in [3.63, 3.8) is 0 Å². The van der Waals surface area contributed by atoms with E-state index < -0.39 is 0 Å². The van der Waals surface area contributed by atoms with Gasteiger partial charge in [0.1, 0.15) is 6.61 Å². The van der Waals surface area contributed by atoms with Crippen LogP contribution >= 0.6 is 12.4 Å². The van der Waals surface area contributed by atoms with Gasteiger partial charge in [-0.15, -0.1) is 12.4 Å². The minimum atomic E-state index is -0.353. The number of hydrogen-bond acceptors (Lipinski definition) is 4. The average molecular weight is 352 g/mol. The molecule has 0 bridgehead atoms. The van der Waals surface area contributed by atoms with Crippen molar-refractivity contribution in [2.24, 2.45) is 0 Å². The third-order valence-electron chi connectivity index (χ3n) is 3.51. The molecule has 4 nitrogen and oxygen atoms in total. The maximum Gasteiger partial charge on any atom is 0.161 e. The molecule has 0 aliphatic heterocycles. The Balaban J connectivity index is 0.00000288. The smallest absolute Gasteiger partial charge is 0.161 e. The van der Waals surface area contributed by atoms with Gasteiger partial charge in [0.15, 0.2) is 11.5 Å². The molecule has 0 amide bonds. The van der Waals surface area contributed by atoms with Crippen molar-refractivity contribution in [1.29, 1.82) is 0 Å². The van der Waals surface area contributed by atoms with Crippen LogP contribution in [-0.2, 0) is 13.2 Å². The number of aliphatic hydroxyl groups excluding tert-OH is 1. The Bertz CT molecular complexity index is 615. The number of methoxy groups -OCH3 is 1. The van der Waals surface area contributed by atoms with Crippen LogP contribution in [0.1, 0.15) is 23.6 Å². The summed E-state index contributed by atoms with van der Waals surface area (Å²) in [5, 5.41) is 12.5. The molecule has 0 aliphatic carbocycles. The molecule has 132 valence electrons. The number of rotatable bonds is 8. The van der Waals surface area contributed by atoms with Crippen molar-refractivity contribution in [3.05, 3.63) is 59.2 Å². The number of aryl methyl sites for hydroxylation is 1. The van der Waals surface area contributed by atoms with Crippen LogP contribution in [0.25, 0.3) is 0 Å². The highest BCUT2D eigenvalue weighted by Gasteiger charge is 2.06. The molecule has 5 heteroatoms. The average Bonchev–Trinajstić information content (AvgIpc) is 2.54. The van der Waals surface area contributed by atoms with E-state index in [9.17, 15) is 5.11 Å². The van der Waals surface area contributed by atoms with Crippen molar-refractivity contribution < 1.29 is 14.6 Å². The zero-order valence-corrected chi connectivity index (χ0v) is 15.2. The van der Waals surface area contributed by atoms with Crippen LogP contribution in [0, 0.1) is 6.92 Å². The van der Waals surface area contributed by atoms with Gasteiger partial charge in [-0.25, -0.2) is 0 Å². The molecule has 1 atom stereocenters. The van der Waals surface area contributed by atoms with E-state index in [1.165, 1.54) is 5.56 Å². The normalized spacial score (nSPS) is 11.5. The topological polar surface area (TPSA) is 50.7 Å². The fourth-order valence-corrected chi connectivity index (χ4v) is 2.21. The third-order valence-corrected chi connectivity index (χ3v) is 3.51. The lowest BCUT2D eigenvalue weighted by Gasteiger charge is -2.13. The number of ether oxygens (including phenoxy) is 2. The van der Waals surface area contributed by atoms with Crippen LogP contribution < -0.4 is 14.8 Å². The first kappa shape index (κ1) is 20.3. The predicted octanol–water partition coefficient (Wildman–Crippen LogP) is 3.47. The van der Waals surface area contributed by atoms with Crippen molar-refractivity contribution >= 4 is 12.4 Å². The number of nitrogens with one attached hydrogen (secondary N) is 1. The Morgan fingerprint density at radius 2 is 1.71 bits per heavy atom. The molecule has 0 fully saturated rings. The minimum Gasteiger partial charge on any atom is -0.493 e. The molecule has 0 aliphatic rings. The summed E-state index contributed by atoms with van der Waals surface area (Å²) in [5.74, 6) is 1.45. The summed E-state index contributed by atoms with van der Waals surface area (Å²) in [4.78, 5) is 0. The van der Waals surface area contributed by atoms with E-state index in [4.69, 9.17) is 9.47 Å². The van der Waals surface area contributed by atoms with E-state index in [1.807, 2.05) is 18.2 Å². The molecule has 24 heavy (non-hydrogen) atoms. The molecule has 0 spiro atoms. The van der Waals surface area contributed by atoms with Gasteiger partial charge in [0.05, 0.1) is 13.2 Å². The maximum absolute atomic E-state index is 9.26. The Kier molecular flexibility index (Phi) is 8.61. The van der Waals surface area contributed by atoms with Crippen LogP contribution in [0.5, 0.6) is 11.5 Å². The molecule has 0 saturated heterocycles. The van der Waals surface area contributed by atoms with E-state index in [0.717, 1.165) is 16.9 Å². The third kappa shape index (κ3) is 6.40. The minimum absolute atomic E-state index is 0. The summed E-state index contributed by atoms with van der Waals surface area (Å²) in [6.45, 7) is 5.58. The van der Waals surface area contributed by atoms with Gasteiger partial charge in [0.2, 0.25) is 0 Å². The van der Waals surface area contributed by atoms with Crippen LogP contribution in [-0.4, -0.2) is 24.9 Å². The summed E-state index contributed by atoms with van der Waals surface area (Å²) in [7, 11) is 1.64. The van der Waals surface area contributed by atoms with E-state index in [1.54, 1.807) is 14.0 Å². The molecule has 2 rings (SSSR count). The zero-order chi connectivity index (χ0) is 16.7. The molecule has 2 N–H and O–H groups in total. The van der Waals surface area contributed by atoms with Crippen LogP contribution in [0.4, 0.5) is 0 Å². The van der Waals surface area contributed by atoms with Crippen molar-refractivity contribution in [3.8, 4) is 11.5 Å². The molecule has 0 saturated carbocycles. The summed E-state index contributed by atoms with van der Waals surface area (Å²) >= 11 is 0. The Morgan fingerprint density at radius 3 is 2.33 bits per heavy atom. The highest BCUT2D eigenvalue weighted by Crippen LogP contribution is 2.28. The van der Waals surface area contributed by atoms with Gasteiger partial charge < -0.3 is 19.9 Å². The molecule has 0 heterocycles. The lowest BCUT2D eigenvalue weighted by molar-refractivity contribution is 0.191. The summed E-state index contributed by atoms with van der Waals surface area (Å²) < 4.78 is 11.3. The lowest BCUT2D eigenvalue weighted by Crippen LogP contribution is -2.23. The number of benzene rings is 2. The van der Waals surface area contributed by atoms with Gasteiger partial charge in [-0.1, -0.05) is 35.9 Å². The van der Waals surface area contributed by atoms with Gasteiger partial charge in [-0.2, -0.15) is 0 Å². The molecular formula is C19H26ClNO3. The van der Waals surface area contributed by atoms with E-state index in [-0.39, 0.29) is 18.5 Å². The quantitative estimate of drug-likeness (QED) is 0.764. The van der Waals surface area contributed by atoms with Crippen LogP contribution in [0.2, 0.25) is 0 Å². The SMILES string of the molecule is COc1cc(CNCC(C)O)ccc1OCc1ccc(C)cc1.Cl. The van der Waals surface area contributed by atoms with Crippen molar-refractivity contribution in [1.82, 2.24) is 5.32 Å². The Morgan fingerprint density at radius 1 is 1.04 bits per heavy atom. The van der Waals surface area contributed by atoms with E-state index in [0.29, 0.717) is 25.4 Å². The first-order chi connectivity index (χ1) is 11.1. The monoisotopic (exact) mass is 351 g/mol. The highest BCUT2D eigenvalue weighted by molar-refractivity contribution is 5.85. The molecule has 2 aromatic carbocycles. The molecule has 1 unspecified atom stereocenters. The molecular weight excluding hydrogens is 326 g/mol. The van der Waals surface area contributed by atoms with E-state index >= 15 is 0 Å². The number of halogens is 1. The van der Waals surface area contributed by atoms with Gasteiger partial charge in [0.25, 0.3) is 0 Å². The fourth-order valence-electron chi connectivity index (χ4n) is 2.21. The first-order valence-corrected chi connectivity index (χ1v) is 7.82. The van der Waals surface area contributed by atoms with Gasteiger partial charge in [-0.05, 0) is 37.1 Å². The maximum atomic E-state index is 9.26. The summed E-state index contributed by atoms with van der Waals surface area (Å²) in [6, 6.07) is 14.2. The first-order valence-electron chi connectivity index (χ1n) is 7.82. The molecule has 0 aromatic heterocycles. The van der Waals surface area contributed by atoms with Crippen molar-refractivity contribution in [2.45, 2.75) is 33.1 Å². The molecule has 0 radical (unpaired) electrons. The second-order valence-corrected chi connectivity index (χ2v) is 5.74. The lowest BCUT2D eigenvalue weighted by atomic mass is 10.1. The van der Waals surface area contributed by atoms with Crippen LogP contribution in [0.3, 0.4) is 0 Å². The Hall–Kier alpha value is -1.75. The predicted molar refractivity (Wildman–Crippen MR) is 99.1 cm³/mol. The van der Waals surface area contributed by atoms with Gasteiger partial charge in [0, 0.05) is 13.1 Å². The summed E-state index contributed by atoms with van der Waals surface area (Å²) in [6.07, 6.45) is -0.353. The zero-order valence-electron chi connectivity index (χ0n) is 14.4. The Labute approximate surface area is 150 Å². The van der Waals surface area contributed by atoms with Gasteiger partial charge >= 0.3 is 0 Å². The molecule has 2 aromatic rings. The number of hydrogen-bond donors (Lipinski definition) is 2. The largest absolute Gasteiger partial charge is 0.493 e. The van der Waals surface area contributed by atoms with Gasteiger partial charge in [-0.3, -0.25) is 0 Å². The van der Waals surface area contributed by atoms with Crippen molar-refractivity contribution in [2.75, 3.05) is 13.7 Å². The standard InChI is InChI=1S/C19H25NO3.ClH/c1-14-4-6-16(7-5-14)13-23-18-9-8-17(10-19(18)22-3)12-20-11-15(2)21;/h4-10,15,20-21H,11-13H2,1-3H3;1H. The van der Waals surface area contributed by atoms with Crippen LogP contribution in [0.15, 0.2) is 42.5 Å². The second-order valence-electron chi connectivity index (χ2n) is 5.74. The highest BCUT2D eigenvalue weighted by atomic mass is 35.5. The fraction of sp³-hybridized carbons (Fsp3) is 0.368. The second kappa shape index (κ2) is 10.2. The summed E-state index contributed by atoms with van der Waals surface area (Å²) in [5.41, 5.74) is 3.45. The number of aliphatic hydroxyl groups is 1. The van der Waals surface area contributed by atoms with E-state index in [2.05, 4.69) is 36.5 Å².